The minimum absolute atomic E-state index is 0.103. The summed E-state index contributed by atoms with van der Waals surface area (Å²) in [5.74, 6) is 0.555. The number of aryl methyl sites for hydroxylation is 2. The molecule has 0 radical (unpaired) electrons. The number of likely N-dealkylation sites (tertiary alicyclic amines) is 1. The van der Waals surface area contributed by atoms with Crippen LogP contribution in [0.15, 0.2) is 31.5 Å². The largest absolute Gasteiger partial charge is 0.446 e. The van der Waals surface area contributed by atoms with Crippen molar-refractivity contribution in [3.05, 3.63) is 60.7 Å². The van der Waals surface area contributed by atoms with E-state index in [0.717, 1.165) is 16.7 Å². The molecule has 0 spiro atoms. The van der Waals surface area contributed by atoms with Crippen LogP contribution in [0.25, 0.3) is 21.6 Å². The first kappa shape index (κ1) is 23.3. The Hall–Kier alpha value is -3.15. The molecule has 2 atom stereocenters. The van der Waals surface area contributed by atoms with Crippen LogP contribution in [0.1, 0.15) is 36.1 Å². The van der Waals surface area contributed by atoms with Crippen LogP contribution in [0.3, 0.4) is 0 Å². The van der Waals surface area contributed by atoms with E-state index in [2.05, 4.69) is 4.98 Å². The van der Waals surface area contributed by atoms with E-state index in [0.29, 0.717) is 59.1 Å². The van der Waals surface area contributed by atoms with Gasteiger partial charge in [-0.1, -0.05) is 0 Å². The molecule has 10 nitrogen and oxygen atoms in total. The van der Waals surface area contributed by atoms with Gasteiger partial charge in [-0.3, -0.25) is 18.7 Å². The first-order chi connectivity index (χ1) is 17.2. The summed E-state index contributed by atoms with van der Waals surface area (Å²) >= 11 is 7.56. The maximum Gasteiger partial charge on any atom is 0.331 e. The van der Waals surface area contributed by atoms with Crippen molar-refractivity contribution in [1.29, 1.82) is 0 Å². The van der Waals surface area contributed by atoms with Crippen molar-refractivity contribution in [3.8, 4) is 10.7 Å². The lowest BCUT2D eigenvalue weighted by Crippen LogP contribution is -2.41. The van der Waals surface area contributed by atoms with Gasteiger partial charge in [0.15, 0.2) is 11.3 Å². The highest BCUT2D eigenvalue weighted by atomic mass is 35.5. The molecule has 1 fully saturated rings. The van der Waals surface area contributed by atoms with Crippen LogP contribution in [-0.2, 0) is 30.2 Å². The number of ether oxygens (including phenoxy) is 1. The van der Waals surface area contributed by atoms with Crippen molar-refractivity contribution in [3.63, 3.8) is 0 Å². The van der Waals surface area contributed by atoms with Crippen molar-refractivity contribution >= 4 is 39.7 Å². The maximum atomic E-state index is 13.5. The van der Waals surface area contributed by atoms with Crippen LogP contribution < -0.4 is 11.2 Å². The average molecular weight is 530 g/mol. The number of halogens is 1. The fraction of sp³-hybridized carbons (Fsp3) is 0.417. The van der Waals surface area contributed by atoms with Crippen LogP contribution in [0, 0.1) is 6.92 Å². The molecule has 0 bridgehead atoms. The summed E-state index contributed by atoms with van der Waals surface area (Å²) in [6.45, 7) is 3.37. The summed E-state index contributed by atoms with van der Waals surface area (Å²) in [4.78, 5) is 45.4. The predicted octanol–water partition coefficient (Wildman–Crippen LogP) is 2.83. The fourth-order valence-electron chi connectivity index (χ4n) is 5.30. The highest BCUT2D eigenvalue weighted by molar-refractivity contribution is 7.13. The minimum Gasteiger partial charge on any atom is -0.446 e. The lowest BCUT2D eigenvalue weighted by Gasteiger charge is -2.34. The van der Waals surface area contributed by atoms with Gasteiger partial charge in [-0.2, -0.15) is 0 Å². The molecule has 1 saturated heterocycles. The van der Waals surface area contributed by atoms with Gasteiger partial charge in [0.25, 0.3) is 5.56 Å². The van der Waals surface area contributed by atoms with E-state index in [1.807, 2.05) is 21.8 Å². The quantitative estimate of drug-likeness (QED) is 0.402. The third-order valence-corrected chi connectivity index (χ3v) is 8.11. The monoisotopic (exact) mass is 529 g/mol. The zero-order valence-corrected chi connectivity index (χ0v) is 21.6. The smallest absolute Gasteiger partial charge is 0.331 e. The van der Waals surface area contributed by atoms with Crippen molar-refractivity contribution in [1.82, 2.24) is 23.6 Å². The van der Waals surface area contributed by atoms with Crippen LogP contribution in [-0.4, -0.2) is 48.7 Å². The topological polar surface area (TPSA) is 105 Å². The lowest BCUT2D eigenvalue weighted by molar-refractivity contribution is -0.131. The minimum atomic E-state index is -0.746. The van der Waals surface area contributed by atoms with E-state index in [1.54, 1.807) is 19.2 Å². The second kappa shape index (κ2) is 8.46. The Morgan fingerprint density at radius 2 is 2.00 bits per heavy atom. The van der Waals surface area contributed by atoms with Gasteiger partial charge < -0.3 is 18.6 Å². The van der Waals surface area contributed by atoms with E-state index >= 15 is 0 Å². The van der Waals surface area contributed by atoms with Crippen LogP contribution >= 0.6 is 22.9 Å². The molecule has 12 heteroatoms. The summed E-state index contributed by atoms with van der Waals surface area (Å²) in [6, 6.07) is 3.36. The van der Waals surface area contributed by atoms with E-state index in [1.165, 1.54) is 23.0 Å². The summed E-state index contributed by atoms with van der Waals surface area (Å²) < 4.78 is 16.9. The van der Waals surface area contributed by atoms with Crippen LogP contribution in [0.2, 0.25) is 5.22 Å². The first-order valence-corrected chi connectivity index (χ1v) is 12.9. The summed E-state index contributed by atoms with van der Waals surface area (Å²) in [5, 5.41) is 3.20. The summed E-state index contributed by atoms with van der Waals surface area (Å²) in [6.07, 6.45) is 0.230. The second-order valence-corrected chi connectivity index (χ2v) is 10.5. The summed E-state index contributed by atoms with van der Waals surface area (Å²) in [5.41, 5.74) is 1.72. The number of hydrogen-bond acceptors (Lipinski definition) is 7. The SMILES string of the molecule is Cc1csc(-c2c3c(=O)n(C)c(=O)n(C)c3c3n2C[C@@H](CN2CCCC2=O)O[C@@H]3c2ccc(Cl)o2)n1. The molecule has 1 amide bonds. The zero-order chi connectivity index (χ0) is 25.3. The van der Waals surface area contributed by atoms with Crippen molar-refractivity contribution in [2.45, 2.75) is 38.5 Å². The van der Waals surface area contributed by atoms with Gasteiger partial charge >= 0.3 is 5.69 Å². The number of carbonyl (C=O) groups excluding carboxylic acids is 1. The molecule has 36 heavy (non-hydrogen) atoms. The standard InChI is InChI=1S/C24H24ClN5O5S/c1-12-11-36-22(26-12)19-17-18(27(2)24(33)28(3)23(17)32)20-21(14-6-7-15(25)35-14)34-13(10-30(19)20)9-29-8-4-5-16(29)31/h6-7,11,13,21H,4-5,8-10H2,1-3H3/t13-,21-/m1/s1. The highest BCUT2D eigenvalue weighted by Crippen LogP contribution is 2.43. The Balaban J connectivity index is 1.65. The molecular formula is C24H24ClN5O5S. The highest BCUT2D eigenvalue weighted by Gasteiger charge is 2.39. The Kier molecular flexibility index (Phi) is 5.47. The number of carbonyl (C=O) groups is 1. The number of aromatic nitrogens is 4. The van der Waals surface area contributed by atoms with E-state index in [4.69, 9.17) is 20.8 Å². The number of thiazole rings is 1. The molecule has 0 aromatic carbocycles. The van der Waals surface area contributed by atoms with Crippen molar-refractivity contribution < 1.29 is 13.9 Å². The lowest BCUT2D eigenvalue weighted by atomic mass is 10.1. The van der Waals surface area contributed by atoms with Gasteiger partial charge in [-0.25, -0.2) is 9.78 Å². The molecule has 2 aliphatic heterocycles. The number of fused-ring (bicyclic) bond motifs is 3. The molecule has 0 N–H and O–H groups in total. The Morgan fingerprint density at radius 3 is 2.64 bits per heavy atom. The molecule has 2 aliphatic rings. The molecule has 0 aliphatic carbocycles. The maximum absolute atomic E-state index is 13.5. The number of amides is 1. The van der Waals surface area contributed by atoms with Gasteiger partial charge in [-0.05, 0) is 37.1 Å². The fourth-order valence-corrected chi connectivity index (χ4v) is 6.31. The Morgan fingerprint density at radius 1 is 1.19 bits per heavy atom. The van der Waals surface area contributed by atoms with Gasteiger partial charge in [0.1, 0.15) is 10.8 Å². The number of rotatable bonds is 4. The molecule has 0 unspecified atom stereocenters. The predicted molar refractivity (Wildman–Crippen MR) is 135 cm³/mol. The first-order valence-electron chi connectivity index (χ1n) is 11.7. The molecule has 0 saturated carbocycles. The Labute approximate surface area is 214 Å². The average Bonchev–Trinajstić information content (AvgIpc) is 3.63. The number of nitrogens with zero attached hydrogens (tertiary/aromatic N) is 5. The van der Waals surface area contributed by atoms with Gasteiger partial charge in [0.2, 0.25) is 5.91 Å². The van der Waals surface area contributed by atoms with Crippen molar-refractivity contribution in [2.24, 2.45) is 14.1 Å². The van der Waals surface area contributed by atoms with Gasteiger partial charge in [0.05, 0.1) is 34.9 Å². The molecule has 4 aromatic heterocycles. The third kappa shape index (κ3) is 3.48. The normalized spacial score (nSPS) is 20.0. The Bertz CT molecular complexity index is 1640. The molecule has 6 rings (SSSR count). The zero-order valence-electron chi connectivity index (χ0n) is 20.0. The van der Waals surface area contributed by atoms with E-state index < -0.39 is 17.4 Å². The molecular weight excluding hydrogens is 506 g/mol. The van der Waals surface area contributed by atoms with Gasteiger partial charge in [0, 0.05) is 44.7 Å². The molecule has 188 valence electrons. The van der Waals surface area contributed by atoms with E-state index in [9.17, 15) is 14.4 Å². The third-order valence-electron chi connectivity index (χ3n) is 6.94. The van der Waals surface area contributed by atoms with Crippen molar-refractivity contribution in [2.75, 3.05) is 13.1 Å². The molecule has 4 aromatic rings. The summed E-state index contributed by atoms with van der Waals surface area (Å²) in [7, 11) is 3.11. The van der Waals surface area contributed by atoms with Crippen LogP contribution in [0.5, 0.6) is 0 Å². The number of hydrogen-bond donors (Lipinski definition) is 0. The molecule has 6 heterocycles. The van der Waals surface area contributed by atoms with Crippen LogP contribution in [0.4, 0.5) is 0 Å². The van der Waals surface area contributed by atoms with Gasteiger partial charge in [-0.15, -0.1) is 11.3 Å². The number of furan rings is 1. The van der Waals surface area contributed by atoms with E-state index in [-0.39, 0.29) is 17.2 Å². The second-order valence-electron chi connectivity index (χ2n) is 9.29.